The molecule has 2 atom stereocenters. The van der Waals surface area contributed by atoms with Gasteiger partial charge >= 0.3 is 0 Å². The fourth-order valence-electron chi connectivity index (χ4n) is 1.86. The molecule has 4 heteroatoms. The van der Waals surface area contributed by atoms with Crippen LogP contribution in [0.25, 0.3) is 0 Å². The predicted molar refractivity (Wildman–Crippen MR) is 68.0 cm³/mol. The topological polar surface area (TPSA) is 38.9 Å². The van der Waals surface area contributed by atoms with Crippen LogP contribution in [-0.2, 0) is 0 Å². The van der Waals surface area contributed by atoms with Crippen LogP contribution in [0.15, 0.2) is 27.8 Å². The van der Waals surface area contributed by atoms with Gasteiger partial charge in [-0.15, -0.1) is 11.8 Å². The summed E-state index contributed by atoms with van der Waals surface area (Å²) >= 11 is 5.21. The highest BCUT2D eigenvalue weighted by Crippen LogP contribution is 2.32. The SMILES string of the molecule is NC1CCCCC1Sc1ccc(Br)cn1. The molecule has 0 aliphatic heterocycles. The van der Waals surface area contributed by atoms with Crippen LogP contribution in [-0.4, -0.2) is 16.3 Å². The van der Waals surface area contributed by atoms with Crippen molar-refractivity contribution in [3.63, 3.8) is 0 Å². The largest absolute Gasteiger partial charge is 0.327 e. The monoisotopic (exact) mass is 286 g/mol. The molecule has 2 unspecified atom stereocenters. The number of pyridine rings is 1. The van der Waals surface area contributed by atoms with Crippen LogP contribution >= 0.6 is 27.7 Å². The molecular weight excluding hydrogens is 272 g/mol. The lowest BCUT2D eigenvalue weighted by Gasteiger charge is -2.27. The molecule has 1 aliphatic carbocycles. The van der Waals surface area contributed by atoms with E-state index in [1.807, 2.05) is 24.0 Å². The van der Waals surface area contributed by atoms with E-state index in [-0.39, 0.29) is 0 Å². The number of hydrogen-bond donors (Lipinski definition) is 1. The lowest BCUT2D eigenvalue weighted by Crippen LogP contribution is -2.35. The van der Waals surface area contributed by atoms with E-state index in [0.29, 0.717) is 11.3 Å². The minimum atomic E-state index is 0.342. The van der Waals surface area contributed by atoms with Gasteiger partial charge < -0.3 is 5.73 Å². The molecule has 0 spiro atoms. The Labute approximate surface area is 103 Å². The van der Waals surface area contributed by atoms with Crippen LogP contribution in [0.4, 0.5) is 0 Å². The first-order valence-corrected chi connectivity index (χ1v) is 6.97. The molecule has 0 amide bonds. The molecule has 0 saturated heterocycles. The highest BCUT2D eigenvalue weighted by molar-refractivity contribution is 9.10. The Hall–Kier alpha value is -0.0600. The zero-order valence-electron chi connectivity index (χ0n) is 8.53. The molecule has 1 fully saturated rings. The van der Waals surface area contributed by atoms with Crippen molar-refractivity contribution in [2.45, 2.75) is 42.0 Å². The fourth-order valence-corrected chi connectivity index (χ4v) is 3.26. The number of aromatic nitrogens is 1. The van der Waals surface area contributed by atoms with E-state index in [9.17, 15) is 0 Å². The molecule has 1 aliphatic rings. The van der Waals surface area contributed by atoms with Gasteiger partial charge in [-0.1, -0.05) is 12.8 Å². The Morgan fingerprint density at radius 2 is 2.13 bits per heavy atom. The Morgan fingerprint density at radius 1 is 1.33 bits per heavy atom. The number of halogens is 1. The standard InChI is InChI=1S/C11H15BrN2S/c12-8-5-6-11(14-7-8)15-10-4-2-1-3-9(10)13/h5-7,9-10H,1-4,13H2. The molecule has 0 aromatic carbocycles. The second-order valence-electron chi connectivity index (χ2n) is 3.92. The summed E-state index contributed by atoms with van der Waals surface area (Å²) in [6.45, 7) is 0. The van der Waals surface area contributed by atoms with E-state index < -0.39 is 0 Å². The van der Waals surface area contributed by atoms with Crippen LogP contribution in [0.1, 0.15) is 25.7 Å². The van der Waals surface area contributed by atoms with Gasteiger partial charge in [0.05, 0.1) is 5.03 Å². The summed E-state index contributed by atoms with van der Waals surface area (Å²) < 4.78 is 1.03. The van der Waals surface area contributed by atoms with Crippen molar-refractivity contribution in [1.29, 1.82) is 0 Å². The third-order valence-corrected chi connectivity index (χ3v) is 4.57. The lowest BCUT2D eigenvalue weighted by atomic mass is 9.96. The summed E-state index contributed by atoms with van der Waals surface area (Å²) in [7, 11) is 0. The third-order valence-electron chi connectivity index (χ3n) is 2.73. The molecule has 82 valence electrons. The number of nitrogens with two attached hydrogens (primary N) is 1. The maximum atomic E-state index is 6.10. The molecule has 1 heterocycles. The molecule has 2 N–H and O–H groups in total. The first-order valence-electron chi connectivity index (χ1n) is 5.29. The quantitative estimate of drug-likeness (QED) is 0.907. The van der Waals surface area contributed by atoms with Crippen LogP contribution in [0, 0.1) is 0 Å². The van der Waals surface area contributed by atoms with Crippen LogP contribution in [0.2, 0.25) is 0 Å². The van der Waals surface area contributed by atoms with Gasteiger partial charge in [-0.25, -0.2) is 4.98 Å². The minimum absolute atomic E-state index is 0.342. The molecule has 0 bridgehead atoms. The maximum absolute atomic E-state index is 6.10. The molecule has 2 nitrogen and oxygen atoms in total. The van der Waals surface area contributed by atoms with Crippen molar-refractivity contribution in [2.24, 2.45) is 5.73 Å². The molecule has 2 rings (SSSR count). The summed E-state index contributed by atoms with van der Waals surface area (Å²) in [4.78, 5) is 4.37. The smallest absolute Gasteiger partial charge is 0.0963 e. The van der Waals surface area contributed by atoms with Crippen LogP contribution in [0.5, 0.6) is 0 Å². The van der Waals surface area contributed by atoms with E-state index in [1.54, 1.807) is 0 Å². The molecular formula is C11H15BrN2S. The van der Waals surface area contributed by atoms with E-state index in [2.05, 4.69) is 27.0 Å². The second kappa shape index (κ2) is 5.32. The Kier molecular flexibility index (Phi) is 4.05. The van der Waals surface area contributed by atoms with Crippen molar-refractivity contribution in [1.82, 2.24) is 4.98 Å². The average Bonchev–Trinajstić information content (AvgIpc) is 2.25. The van der Waals surface area contributed by atoms with Crippen molar-refractivity contribution in [3.8, 4) is 0 Å². The van der Waals surface area contributed by atoms with Crippen LogP contribution < -0.4 is 5.73 Å². The van der Waals surface area contributed by atoms with Crippen molar-refractivity contribution in [2.75, 3.05) is 0 Å². The minimum Gasteiger partial charge on any atom is -0.327 e. The van der Waals surface area contributed by atoms with Gasteiger partial charge in [0.2, 0.25) is 0 Å². The summed E-state index contributed by atoms with van der Waals surface area (Å²) in [6, 6.07) is 4.42. The van der Waals surface area contributed by atoms with Gasteiger partial charge in [0.15, 0.2) is 0 Å². The fraction of sp³-hybridized carbons (Fsp3) is 0.545. The number of thioether (sulfide) groups is 1. The average molecular weight is 287 g/mol. The van der Waals surface area contributed by atoms with E-state index in [1.165, 1.54) is 19.3 Å². The lowest BCUT2D eigenvalue weighted by molar-refractivity contribution is 0.453. The van der Waals surface area contributed by atoms with Gasteiger partial charge in [0.1, 0.15) is 0 Å². The third kappa shape index (κ3) is 3.20. The molecule has 1 aromatic rings. The Bertz CT molecular complexity index is 315. The summed E-state index contributed by atoms with van der Waals surface area (Å²) in [5.41, 5.74) is 6.10. The predicted octanol–water partition coefficient (Wildman–Crippen LogP) is 3.21. The Balaban J connectivity index is 1.98. The van der Waals surface area contributed by atoms with Gasteiger partial charge in [0, 0.05) is 22.0 Å². The van der Waals surface area contributed by atoms with Gasteiger partial charge in [-0.3, -0.25) is 0 Å². The van der Waals surface area contributed by atoms with E-state index in [0.717, 1.165) is 15.9 Å². The first kappa shape index (κ1) is 11.4. The summed E-state index contributed by atoms with van der Waals surface area (Å²) in [5, 5.41) is 1.63. The summed E-state index contributed by atoms with van der Waals surface area (Å²) in [5.74, 6) is 0. The van der Waals surface area contributed by atoms with E-state index >= 15 is 0 Å². The maximum Gasteiger partial charge on any atom is 0.0963 e. The molecule has 0 radical (unpaired) electrons. The Morgan fingerprint density at radius 3 is 2.80 bits per heavy atom. The highest BCUT2D eigenvalue weighted by Gasteiger charge is 2.22. The highest BCUT2D eigenvalue weighted by atomic mass is 79.9. The molecule has 1 saturated carbocycles. The van der Waals surface area contributed by atoms with Crippen molar-refractivity contribution >= 4 is 27.7 Å². The second-order valence-corrected chi connectivity index (χ2v) is 6.09. The first-order chi connectivity index (χ1) is 7.25. The van der Waals surface area contributed by atoms with Gasteiger partial charge in [-0.2, -0.15) is 0 Å². The molecule has 1 aromatic heterocycles. The zero-order valence-corrected chi connectivity index (χ0v) is 10.9. The van der Waals surface area contributed by atoms with Crippen molar-refractivity contribution in [3.05, 3.63) is 22.8 Å². The van der Waals surface area contributed by atoms with E-state index in [4.69, 9.17) is 5.73 Å². The number of nitrogens with zero attached hydrogens (tertiary/aromatic N) is 1. The number of hydrogen-bond acceptors (Lipinski definition) is 3. The molecule has 15 heavy (non-hydrogen) atoms. The van der Waals surface area contributed by atoms with Crippen molar-refractivity contribution < 1.29 is 0 Å². The van der Waals surface area contributed by atoms with Gasteiger partial charge in [-0.05, 0) is 40.9 Å². The summed E-state index contributed by atoms with van der Waals surface area (Å²) in [6.07, 6.45) is 6.82. The number of rotatable bonds is 2. The normalized spacial score (nSPS) is 26.5. The zero-order chi connectivity index (χ0) is 10.7. The van der Waals surface area contributed by atoms with Gasteiger partial charge in [0.25, 0.3) is 0 Å². The van der Waals surface area contributed by atoms with Crippen LogP contribution in [0.3, 0.4) is 0 Å².